The average molecular weight is 420 g/mol. The molecule has 0 radical (unpaired) electrons. The van der Waals surface area contributed by atoms with Crippen molar-refractivity contribution in [2.45, 2.75) is 38.5 Å². The van der Waals surface area contributed by atoms with E-state index in [0.717, 1.165) is 18.2 Å². The topological polar surface area (TPSA) is 0 Å². The fourth-order valence-electron chi connectivity index (χ4n) is 4.25. The summed E-state index contributed by atoms with van der Waals surface area (Å²) >= 11 is 0. The SMILES string of the molecule is CCc1ccc(C2CCc3c(cc(F)c(-c4cccc(F)c4F)c3F)C2)c(F)c1F. The summed E-state index contributed by atoms with van der Waals surface area (Å²) in [6.07, 6.45) is 0.943. The van der Waals surface area contributed by atoms with Gasteiger partial charge in [-0.15, -0.1) is 0 Å². The summed E-state index contributed by atoms with van der Waals surface area (Å²) in [5.74, 6) is -6.74. The summed E-state index contributed by atoms with van der Waals surface area (Å²) in [4.78, 5) is 0. The van der Waals surface area contributed by atoms with Crippen LogP contribution in [0.4, 0.5) is 26.3 Å². The van der Waals surface area contributed by atoms with Crippen LogP contribution in [-0.2, 0) is 19.3 Å². The lowest BCUT2D eigenvalue weighted by atomic mass is 9.78. The Bertz CT molecular complexity index is 1140. The van der Waals surface area contributed by atoms with E-state index in [2.05, 4.69) is 0 Å². The smallest absolute Gasteiger partial charge is 0.166 e. The Morgan fingerprint density at radius 1 is 0.833 bits per heavy atom. The molecule has 30 heavy (non-hydrogen) atoms. The van der Waals surface area contributed by atoms with E-state index in [-0.39, 0.29) is 29.5 Å². The second kappa shape index (κ2) is 7.82. The number of hydrogen-bond donors (Lipinski definition) is 0. The van der Waals surface area contributed by atoms with Crippen molar-refractivity contribution in [2.75, 3.05) is 0 Å². The van der Waals surface area contributed by atoms with E-state index in [1.54, 1.807) is 6.92 Å². The summed E-state index contributed by atoms with van der Waals surface area (Å²) in [7, 11) is 0. The highest BCUT2D eigenvalue weighted by atomic mass is 19.2. The van der Waals surface area contributed by atoms with Crippen LogP contribution in [0.25, 0.3) is 11.1 Å². The van der Waals surface area contributed by atoms with Gasteiger partial charge in [0, 0.05) is 5.56 Å². The van der Waals surface area contributed by atoms with Crippen LogP contribution in [0.3, 0.4) is 0 Å². The highest BCUT2D eigenvalue weighted by Crippen LogP contribution is 2.40. The number of aryl methyl sites for hydroxylation is 1. The molecule has 0 amide bonds. The van der Waals surface area contributed by atoms with Crippen molar-refractivity contribution >= 4 is 0 Å². The van der Waals surface area contributed by atoms with Crippen LogP contribution in [0.15, 0.2) is 36.4 Å². The molecule has 0 saturated carbocycles. The Morgan fingerprint density at radius 3 is 2.33 bits per heavy atom. The molecule has 4 rings (SSSR count). The van der Waals surface area contributed by atoms with E-state index in [1.165, 1.54) is 18.2 Å². The first-order valence-electron chi connectivity index (χ1n) is 9.74. The normalized spacial score (nSPS) is 15.9. The molecule has 0 nitrogen and oxygen atoms in total. The number of rotatable bonds is 3. The molecule has 1 unspecified atom stereocenters. The number of fused-ring (bicyclic) bond motifs is 1. The maximum atomic E-state index is 15.1. The third-order valence-electron chi connectivity index (χ3n) is 5.85. The molecule has 0 saturated heterocycles. The van der Waals surface area contributed by atoms with Gasteiger partial charge < -0.3 is 0 Å². The van der Waals surface area contributed by atoms with Gasteiger partial charge in [-0.25, -0.2) is 26.3 Å². The zero-order valence-corrected chi connectivity index (χ0v) is 16.1. The van der Waals surface area contributed by atoms with Gasteiger partial charge in [0.15, 0.2) is 23.3 Å². The summed E-state index contributed by atoms with van der Waals surface area (Å²) < 4.78 is 86.3. The number of hydrogen-bond acceptors (Lipinski definition) is 0. The first-order valence-corrected chi connectivity index (χ1v) is 9.74. The molecule has 3 aromatic carbocycles. The molecule has 0 bridgehead atoms. The summed E-state index contributed by atoms with van der Waals surface area (Å²) in [6, 6.07) is 7.30. The third-order valence-corrected chi connectivity index (χ3v) is 5.85. The van der Waals surface area contributed by atoms with Crippen LogP contribution in [-0.4, -0.2) is 0 Å². The third kappa shape index (κ3) is 3.28. The van der Waals surface area contributed by atoms with Crippen LogP contribution in [0.1, 0.15) is 41.5 Å². The van der Waals surface area contributed by atoms with E-state index in [1.807, 2.05) is 0 Å². The van der Waals surface area contributed by atoms with Gasteiger partial charge in [0.05, 0.1) is 5.56 Å². The largest absolute Gasteiger partial charge is 0.206 e. The van der Waals surface area contributed by atoms with Crippen molar-refractivity contribution in [1.29, 1.82) is 0 Å². The molecule has 0 N–H and O–H groups in total. The van der Waals surface area contributed by atoms with E-state index in [0.29, 0.717) is 18.4 Å². The minimum atomic E-state index is -1.32. The number of halogens is 6. The minimum Gasteiger partial charge on any atom is -0.206 e. The zero-order valence-electron chi connectivity index (χ0n) is 16.1. The van der Waals surface area contributed by atoms with Gasteiger partial charge in [-0.1, -0.05) is 31.2 Å². The van der Waals surface area contributed by atoms with Crippen molar-refractivity contribution in [3.8, 4) is 11.1 Å². The molecule has 1 aliphatic rings. The maximum Gasteiger partial charge on any atom is 0.166 e. The Labute approximate surface area is 170 Å². The molecular weight excluding hydrogens is 402 g/mol. The highest BCUT2D eigenvalue weighted by molar-refractivity contribution is 5.68. The lowest BCUT2D eigenvalue weighted by Crippen LogP contribution is -2.17. The lowest BCUT2D eigenvalue weighted by Gasteiger charge is -2.27. The molecule has 6 heteroatoms. The first-order chi connectivity index (χ1) is 14.3. The quantitative estimate of drug-likeness (QED) is 0.399. The molecule has 156 valence electrons. The Hall–Kier alpha value is -2.76. The summed E-state index contributed by atoms with van der Waals surface area (Å²) in [6.45, 7) is 1.72. The maximum absolute atomic E-state index is 15.1. The van der Waals surface area contributed by atoms with Crippen LogP contribution < -0.4 is 0 Å². The molecule has 0 fully saturated rings. The molecule has 1 aliphatic carbocycles. The van der Waals surface area contributed by atoms with Crippen LogP contribution >= 0.6 is 0 Å². The summed E-state index contributed by atoms with van der Waals surface area (Å²) in [5, 5.41) is 0. The monoisotopic (exact) mass is 420 g/mol. The highest BCUT2D eigenvalue weighted by Gasteiger charge is 2.30. The van der Waals surface area contributed by atoms with Gasteiger partial charge in [0.2, 0.25) is 0 Å². The Kier molecular flexibility index (Phi) is 5.35. The van der Waals surface area contributed by atoms with Crippen molar-refractivity contribution in [2.24, 2.45) is 0 Å². The lowest BCUT2D eigenvalue weighted by molar-refractivity contribution is 0.463. The van der Waals surface area contributed by atoms with E-state index >= 15 is 4.39 Å². The Balaban J connectivity index is 1.75. The number of benzene rings is 3. The van der Waals surface area contributed by atoms with Gasteiger partial charge in [0.25, 0.3) is 0 Å². The van der Waals surface area contributed by atoms with Gasteiger partial charge >= 0.3 is 0 Å². The average Bonchev–Trinajstić information content (AvgIpc) is 2.72. The molecular formula is C24H18F6. The standard InChI is InChI=1S/C24H18F6/c1-2-12-6-8-15(24(30)21(12)27)13-7-9-16-14(10-13)11-19(26)20(23(16)29)17-4-3-5-18(25)22(17)28/h3-6,8,11,13H,2,7,9-10H2,1H3. The fourth-order valence-corrected chi connectivity index (χ4v) is 4.25. The van der Waals surface area contributed by atoms with Crippen LogP contribution in [0.5, 0.6) is 0 Å². The molecule has 0 aromatic heterocycles. The van der Waals surface area contributed by atoms with Crippen LogP contribution in [0.2, 0.25) is 0 Å². The molecule has 0 spiro atoms. The summed E-state index contributed by atoms with van der Waals surface area (Å²) in [5.41, 5.74) is -0.145. The predicted molar refractivity (Wildman–Crippen MR) is 102 cm³/mol. The minimum absolute atomic E-state index is 0.122. The van der Waals surface area contributed by atoms with Gasteiger partial charge in [0.1, 0.15) is 11.6 Å². The molecule has 0 aliphatic heterocycles. The van der Waals surface area contributed by atoms with Crippen LogP contribution in [0, 0.1) is 34.9 Å². The molecule has 1 atom stereocenters. The van der Waals surface area contributed by atoms with Gasteiger partial charge in [-0.2, -0.15) is 0 Å². The van der Waals surface area contributed by atoms with Crippen molar-refractivity contribution in [3.63, 3.8) is 0 Å². The van der Waals surface area contributed by atoms with Crippen molar-refractivity contribution in [1.82, 2.24) is 0 Å². The molecule has 3 aromatic rings. The van der Waals surface area contributed by atoms with E-state index in [9.17, 15) is 22.0 Å². The van der Waals surface area contributed by atoms with E-state index < -0.39 is 51.9 Å². The van der Waals surface area contributed by atoms with Crippen molar-refractivity contribution in [3.05, 3.63) is 93.6 Å². The van der Waals surface area contributed by atoms with E-state index in [4.69, 9.17) is 0 Å². The zero-order chi connectivity index (χ0) is 21.6. The predicted octanol–water partition coefficient (Wildman–Crippen LogP) is 7.02. The first kappa shape index (κ1) is 20.5. The van der Waals surface area contributed by atoms with Gasteiger partial charge in [-0.05, 0) is 66.0 Å². The van der Waals surface area contributed by atoms with Gasteiger partial charge in [-0.3, -0.25) is 0 Å². The Morgan fingerprint density at radius 2 is 1.60 bits per heavy atom. The fraction of sp³-hybridized carbons (Fsp3) is 0.250. The second-order valence-electron chi connectivity index (χ2n) is 7.52. The molecule has 0 heterocycles. The second-order valence-corrected chi connectivity index (χ2v) is 7.52. The van der Waals surface area contributed by atoms with Crippen molar-refractivity contribution < 1.29 is 26.3 Å².